The normalized spacial score (nSPS) is 20.9. The van der Waals surface area contributed by atoms with Gasteiger partial charge in [-0.25, -0.2) is 0 Å². The molecule has 0 spiro atoms. The fourth-order valence-electron chi connectivity index (χ4n) is 2.17. The third kappa shape index (κ3) is 4.27. The Balaban J connectivity index is 2.48. The second-order valence-electron chi connectivity index (χ2n) is 4.67. The summed E-state index contributed by atoms with van der Waals surface area (Å²) in [5.74, 6) is -0.408. The van der Waals surface area contributed by atoms with Crippen LogP contribution in [0.4, 0.5) is 0 Å². The first-order valence-corrected chi connectivity index (χ1v) is 6.61. The molecule has 18 heavy (non-hydrogen) atoms. The van der Waals surface area contributed by atoms with Crippen LogP contribution in [0.3, 0.4) is 0 Å². The Hall–Kier alpha value is -1.14. The molecule has 0 saturated carbocycles. The zero-order valence-electron chi connectivity index (χ0n) is 11.2. The fourth-order valence-corrected chi connectivity index (χ4v) is 2.17. The molecule has 0 radical (unpaired) electrons. The van der Waals surface area contributed by atoms with Crippen LogP contribution in [0.1, 0.15) is 26.7 Å². The maximum atomic E-state index is 11.9. The van der Waals surface area contributed by atoms with Crippen molar-refractivity contribution >= 4 is 11.8 Å². The van der Waals surface area contributed by atoms with Gasteiger partial charge in [-0.05, 0) is 12.8 Å². The second kappa shape index (κ2) is 7.33. The number of nitrogens with zero attached hydrogens (tertiary/aromatic N) is 1. The number of hydrogen-bond acceptors (Lipinski definition) is 4. The van der Waals surface area contributed by atoms with Crippen molar-refractivity contribution in [3.8, 4) is 0 Å². The van der Waals surface area contributed by atoms with Crippen molar-refractivity contribution in [1.82, 2.24) is 15.5 Å². The number of carbonyl (C=O) groups is 2. The van der Waals surface area contributed by atoms with E-state index in [9.17, 15) is 9.59 Å². The minimum absolute atomic E-state index is 0.0307. The van der Waals surface area contributed by atoms with Crippen LogP contribution in [0.5, 0.6) is 0 Å². The van der Waals surface area contributed by atoms with E-state index in [2.05, 4.69) is 10.6 Å². The van der Waals surface area contributed by atoms with Crippen molar-refractivity contribution < 1.29 is 9.59 Å². The van der Waals surface area contributed by atoms with Crippen LogP contribution in [-0.4, -0.2) is 55.0 Å². The number of rotatable bonds is 6. The van der Waals surface area contributed by atoms with E-state index in [1.54, 1.807) is 0 Å². The molecule has 1 unspecified atom stereocenters. The number of nitrogens with two attached hydrogens (primary N) is 1. The highest BCUT2D eigenvalue weighted by atomic mass is 16.2. The monoisotopic (exact) mass is 256 g/mol. The summed E-state index contributed by atoms with van der Waals surface area (Å²) in [4.78, 5) is 25.0. The average Bonchev–Trinajstić information content (AvgIpc) is 2.36. The van der Waals surface area contributed by atoms with E-state index in [-0.39, 0.29) is 30.4 Å². The van der Waals surface area contributed by atoms with Gasteiger partial charge in [0.25, 0.3) is 0 Å². The summed E-state index contributed by atoms with van der Waals surface area (Å²) in [5.41, 5.74) is 5.33. The lowest BCUT2D eigenvalue weighted by molar-refractivity contribution is -0.127. The number of piperazine rings is 1. The Kier molecular flexibility index (Phi) is 6.07. The Morgan fingerprint density at radius 3 is 2.67 bits per heavy atom. The molecule has 1 aliphatic rings. The molecule has 2 amide bonds. The summed E-state index contributed by atoms with van der Waals surface area (Å²) in [5, 5.41) is 6.08. The molecule has 1 aliphatic heterocycles. The van der Waals surface area contributed by atoms with Crippen LogP contribution in [0.25, 0.3) is 0 Å². The molecular weight excluding hydrogens is 232 g/mol. The maximum absolute atomic E-state index is 11.9. The van der Waals surface area contributed by atoms with Crippen LogP contribution in [-0.2, 0) is 9.59 Å². The minimum atomic E-state index is -0.383. The van der Waals surface area contributed by atoms with Crippen LogP contribution in [0.15, 0.2) is 0 Å². The van der Waals surface area contributed by atoms with Gasteiger partial charge in [0, 0.05) is 25.7 Å². The molecule has 1 fully saturated rings. The van der Waals surface area contributed by atoms with Crippen molar-refractivity contribution in [2.24, 2.45) is 5.73 Å². The molecule has 1 heterocycles. The van der Waals surface area contributed by atoms with Gasteiger partial charge in [-0.15, -0.1) is 0 Å². The van der Waals surface area contributed by atoms with Gasteiger partial charge in [0.2, 0.25) is 11.8 Å². The predicted octanol–water partition coefficient (Wildman–Crippen LogP) is -0.950. The lowest BCUT2D eigenvalue weighted by Gasteiger charge is -2.33. The first-order chi connectivity index (χ1) is 8.58. The molecule has 0 bridgehead atoms. The van der Waals surface area contributed by atoms with Gasteiger partial charge in [0.05, 0.1) is 6.54 Å². The second-order valence-corrected chi connectivity index (χ2v) is 4.67. The Bertz CT molecular complexity index is 292. The quantitative estimate of drug-likeness (QED) is 0.572. The zero-order valence-corrected chi connectivity index (χ0v) is 11.2. The van der Waals surface area contributed by atoms with E-state index in [1.807, 2.05) is 18.7 Å². The molecule has 1 saturated heterocycles. The van der Waals surface area contributed by atoms with Crippen LogP contribution in [0.2, 0.25) is 0 Å². The highest BCUT2D eigenvalue weighted by Gasteiger charge is 2.28. The standard InChI is InChI=1S/C12H24N4O2/c1-3-9(4-2)15-11(17)8-16-6-5-14-7-10(16)12(13)18/h9-10,14H,3-8H2,1-2H3,(H2,13,18)(H,15,17). The molecule has 1 atom stereocenters. The molecule has 0 aliphatic carbocycles. The molecular formula is C12H24N4O2. The number of primary amides is 1. The number of nitrogens with one attached hydrogen (secondary N) is 2. The van der Waals surface area contributed by atoms with Gasteiger partial charge in [-0.2, -0.15) is 0 Å². The molecule has 0 aromatic carbocycles. The predicted molar refractivity (Wildman–Crippen MR) is 69.9 cm³/mol. The van der Waals surface area contributed by atoms with Crippen LogP contribution >= 0.6 is 0 Å². The highest BCUT2D eigenvalue weighted by molar-refractivity contribution is 5.82. The smallest absolute Gasteiger partial charge is 0.236 e. The number of hydrogen-bond donors (Lipinski definition) is 3. The summed E-state index contributed by atoms with van der Waals surface area (Å²) in [7, 11) is 0. The Morgan fingerprint density at radius 1 is 1.44 bits per heavy atom. The zero-order chi connectivity index (χ0) is 13.5. The van der Waals surface area contributed by atoms with E-state index in [0.717, 1.165) is 19.4 Å². The lowest BCUT2D eigenvalue weighted by atomic mass is 10.1. The molecule has 0 aromatic heterocycles. The third-order valence-corrected chi connectivity index (χ3v) is 3.38. The lowest BCUT2D eigenvalue weighted by Crippen LogP contribution is -2.59. The summed E-state index contributed by atoms with van der Waals surface area (Å²) < 4.78 is 0. The number of carbonyl (C=O) groups excluding carboxylic acids is 2. The van der Waals surface area contributed by atoms with Crippen LogP contribution in [0, 0.1) is 0 Å². The molecule has 0 aromatic rings. The first kappa shape index (κ1) is 14.9. The molecule has 6 heteroatoms. The van der Waals surface area contributed by atoms with Gasteiger partial charge in [0.15, 0.2) is 0 Å². The van der Waals surface area contributed by atoms with Crippen molar-refractivity contribution in [3.63, 3.8) is 0 Å². The minimum Gasteiger partial charge on any atom is -0.368 e. The van der Waals surface area contributed by atoms with Crippen molar-refractivity contribution in [1.29, 1.82) is 0 Å². The fraction of sp³-hybridized carbons (Fsp3) is 0.833. The van der Waals surface area contributed by atoms with Gasteiger partial charge >= 0.3 is 0 Å². The average molecular weight is 256 g/mol. The maximum Gasteiger partial charge on any atom is 0.236 e. The highest BCUT2D eigenvalue weighted by Crippen LogP contribution is 2.03. The summed E-state index contributed by atoms with van der Waals surface area (Å²) in [6.45, 7) is 6.31. The van der Waals surface area contributed by atoms with E-state index in [0.29, 0.717) is 13.1 Å². The van der Waals surface area contributed by atoms with E-state index < -0.39 is 0 Å². The molecule has 104 valence electrons. The van der Waals surface area contributed by atoms with E-state index in [4.69, 9.17) is 5.73 Å². The SMILES string of the molecule is CCC(CC)NC(=O)CN1CCNCC1C(N)=O. The molecule has 1 rings (SSSR count). The molecule has 4 N–H and O–H groups in total. The Morgan fingerprint density at radius 2 is 2.11 bits per heavy atom. The van der Waals surface area contributed by atoms with Crippen LogP contribution < -0.4 is 16.4 Å². The molecule has 6 nitrogen and oxygen atoms in total. The van der Waals surface area contributed by atoms with Gasteiger partial charge in [-0.3, -0.25) is 14.5 Å². The summed E-state index contributed by atoms with van der Waals surface area (Å²) >= 11 is 0. The third-order valence-electron chi connectivity index (χ3n) is 3.38. The van der Waals surface area contributed by atoms with Gasteiger partial charge in [-0.1, -0.05) is 13.8 Å². The van der Waals surface area contributed by atoms with Crippen molar-refractivity contribution in [2.45, 2.75) is 38.8 Å². The largest absolute Gasteiger partial charge is 0.368 e. The van der Waals surface area contributed by atoms with Crippen molar-refractivity contribution in [3.05, 3.63) is 0 Å². The number of amides is 2. The summed E-state index contributed by atoms with van der Waals surface area (Å²) in [6, 6.07) is -0.168. The summed E-state index contributed by atoms with van der Waals surface area (Å²) in [6.07, 6.45) is 1.84. The van der Waals surface area contributed by atoms with E-state index in [1.165, 1.54) is 0 Å². The van der Waals surface area contributed by atoms with Gasteiger partial charge < -0.3 is 16.4 Å². The topological polar surface area (TPSA) is 87.5 Å². The first-order valence-electron chi connectivity index (χ1n) is 6.61. The Labute approximate surface area is 108 Å². The van der Waals surface area contributed by atoms with Gasteiger partial charge in [0.1, 0.15) is 6.04 Å². The van der Waals surface area contributed by atoms with Crippen molar-refractivity contribution in [2.75, 3.05) is 26.2 Å². The van der Waals surface area contributed by atoms with E-state index >= 15 is 0 Å².